The van der Waals surface area contributed by atoms with Crippen LogP contribution in [0.2, 0.25) is 0 Å². The SMILES string of the molecule is C[C@@H](NC=C(C#N)C#N)c1ccc(Br)cc1. The molecule has 0 heterocycles. The number of rotatable bonds is 3. The number of halogens is 1. The fourth-order valence-corrected chi connectivity index (χ4v) is 1.41. The van der Waals surface area contributed by atoms with E-state index in [-0.39, 0.29) is 11.6 Å². The summed E-state index contributed by atoms with van der Waals surface area (Å²) in [7, 11) is 0. The molecule has 1 aromatic carbocycles. The first-order valence-electron chi connectivity index (χ1n) is 4.69. The Morgan fingerprint density at radius 1 is 1.31 bits per heavy atom. The Balaban J connectivity index is 2.71. The van der Waals surface area contributed by atoms with E-state index in [1.54, 1.807) is 12.1 Å². The average molecular weight is 276 g/mol. The number of hydrogen-bond acceptors (Lipinski definition) is 3. The van der Waals surface area contributed by atoms with Gasteiger partial charge in [0.25, 0.3) is 0 Å². The third kappa shape index (κ3) is 3.42. The van der Waals surface area contributed by atoms with E-state index in [1.807, 2.05) is 31.2 Å². The van der Waals surface area contributed by atoms with Gasteiger partial charge in [0.2, 0.25) is 0 Å². The molecule has 80 valence electrons. The van der Waals surface area contributed by atoms with Gasteiger partial charge in [-0.15, -0.1) is 0 Å². The van der Waals surface area contributed by atoms with Gasteiger partial charge in [-0.1, -0.05) is 28.1 Å². The lowest BCUT2D eigenvalue weighted by Crippen LogP contribution is -2.12. The van der Waals surface area contributed by atoms with Crippen LogP contribution in [-0.2, 0) is 0 Å². The lowest BCUT2D eigenvalue weighted by Gasteiger charge is -2.11. The van der Waals surface area contributed by atoms with E-state index < -0.39 is 0 Å². The molecule has 1 aromatic rings. The molecule has 0 saturated carbocycles. The van der Waals surface area contributed by atoms with Gasteiger partial charge in [-0.3, -0.25) is 0 Å². The molecule has 0 unspecified atom stereocenters. The fourth-order valence-electron chi connectivity index (χ4n) is 1.15. The predicted octanol–water partition coefficient (Wildman–Crippen LogP) is 3.03. The van der Waals surface area contributed by atoms with E-state index in [0.29, 0.717) is 0 Å². The van der Waals surface area contributed by atoms with Crippen molar-refractivity contribution in [3.05, 3.63) is 46.1 Å². The number of nitrogens with one attached hydrogen (secondary N) is 1. The highest BCUT2D eigenvalue weighted by molar-refractivity contribution is 9.10. The maximum Gasteiger partial charge on any atom is 0.145 e. The van der Waals surface area contributed by atoms with Crippen LogP contribution in [0.3, 0.4) is 0 Å². The lowest BCUT2D eigenvalue weighted by molar-refractivity contribution is 0.685. The molecule has 0 radical (unpaired) electrons. The van der Waals surface area contributed by atoms with Crippen molar-refractivity contribution in [1.29, 1.82) is 10.5 Å². The molecular weight excluding hydrogens is 266 g/mol. The molecule has 0 aliphatic carbocycles. The van der Waals surface area contributed by atoms with Crippen LogP contribution < -0.4 is 5.32 Å². The topological polar surface area (TPSA) is 59.6 Å². The van der Waals surface area contributed by atoms with Gasteiger partial charge in [0, 0.05) is 16.7 Å². The van der Waals surface area contributed by atoms with E-state index in [2.05, 4.69) is 21.2 Å². The molecule has 3 nitrogen and oxygen atoms in total. The molecule has 0 aliphatic rings. The van der Waals surface area contributed by atoms with Gasteiger partial charge >= 0.3 is 0 Å². The Bertz CT molecular complexity index is 447. The molecule has 0 amide bonds. The summed E-state index contributed by atoms with van der Waals surface area (Å²) in [6, 6.07) is 11.5. The fraction of sp³-hybridized carbons (Fsp3) is 0.167. The lowest BCUT2D eigenvalue weighted by atomic mass is 10.1. The summed E-state index contributed by atoms with van der Waals surface area (Å²) in [5, 5.41) is 20.1. The van der Waals surface area contributed by atoms with E-state index in [9.17, 15) is 0 Å². The molecule has 1 rings (SSSR count). The van der Waals surface area contributed by atoms with Crippen molar-refractivity contribution >= 4 is 15.9 Å². The minimum absolute atomic E-state index is 0.0600. The van der Waals surface area contributed by atoms with Gasteiger partial charge in [0.05, 0.1) is 0 Å². The first-order chi connectivity index (χ1) is 7.67. The summed E-state index contributed by atoms with van der Waals surface area (Å²) in [6.45, 7) is 1.96. The molecule has 0 aromatic heterocycles. The van der Waals surface area contributed by atoms with E-state index in [0.717, 1.165) is 10.0 Å². The van der Waals surface area contributed by atoms with E-state index in [4.69, 9.17) is 10.5 Å². The summed E-state index contributed by atoms with van der Waals surface area (Å²) >= 11 is 3.36. The average Bonchev–Trinajstić information content (AvgIpc) is 2.31. The number of benzene rings is 1. The molecular formula is C12H10BrN3. The molecule has 4 heteroatoms. The Hall–Kier alpha value is -1.78. The Morgan fingerprint density at radius 3 is 2.38 bits per heavy atom. The highest BCUT2D eigenvalue weighted by Gasteiger charge is 2.02. The van der Waals surface area contributed by atoms with Crippen LogP contribution in [0.1, 0.15) is 18.5 Å². The van der Waals surface area contributed by atoms with Gasteiger partial charge in [-0.25, -0.2) is 0 Å². The summed E-state index contributed by atoms with van der Waals surface area (Å²) < 4.78 is 1.02. The number of nitriles is 2. The van der Waals surface area contributed by atoms with Crippen LogP contribution in [0.4, 0.5) is 0 Å². The summed E-state index contributed by atoms with van der Waals surface area (Å²) in [5.41, 5.74) is 1.17. The molecule has 1 atom stereocenters. The second kappa shape index (κ2) is 5.95. The van der Waals surface area contributed by atoms with Crippen LogP contribution in [-0.4, -0.2) is 0 Å². The summed E-state index contributed by atoms with van der Waals surface area (Å²) in [4.78, 5) is 0. The van der Waals surface area contributed by atoms with Crippen molar-refractivity contribution in [3.8, 4) is 12.1 Å². The van der Waals surface area contributed by atoms with Gasteiger partial charge in [0.15, 0.2) is 0 Å². The number of nitrogens with zero attached hydrogens (tertiary/aromatic N) is 2. The predicted molar refractivity (Wildman–Crippen MR) is 65.0 cm³/mol. The third-order valence-electron chi connectivity index (χ3n) is 2.09. The van der Waals surface area contributed by atoms with Gasteiger partial charge in [0.1, 0.15) is 17.7 Å². The molecule has 0 aliphatic heterocycles. The normalized spacial score (nSPS) is 10.8. The van der Waals surface area contributed by atoms with Gasteiger partial charge < -0.3 is 5.32 Å². The maximum absolute atomic E-state index is 8.56. The molecule has 0 spiro atoms. The van der Waals surface area contributed by atoms with Gasteiger partial charge in [-0.05, 0) is 24.6 Å². The second-order valence-electron chi connectivity index (χ2n) is 3.22. The Labute approximate surface area is 103 Å². The molecule has 1 N–H and O–H groups in total. The van der Waals surface area contributed by atoms with Gasteiger partial charge in [-0.2, -0.15) is 10.5 Å². The van der Waals surface area contributed by atoms with Crippen molar-refractivity contribution in [3.63, 3.8) is 0 Å². The van der Waals surface area contributed by atoms with Crippen LogP contribution in [0.5, 0.6) is 0 Å². The molecule has 16 heavy (non-hydrogen) atoms. The zero-order valence-corrected chi connectivity index (χ0v) is 10.3. The quantitative estimate of drug-likeness (QED) is 0.863. The standard InChI is InChI=1S/C12H10BrN3/c1-9(16-8-10(6-14)7-15)11-2-4-12(13)5-3-11/h2-5,8-9,16H,1H3/t9-/m1/s1. The Kier molecular flexibility index (Phi) is 4.57. The molecule has 0 saturated heterocycles. The van der Waals surface area contributed by atoms with Crippen LogP contribution in [0.15, 0.2) is 40.5 Å². The minimum atomic E-state index is 0.0600. The van der Waals surface area contributed by atoms with Crippen molar-refractivity contribution in [2.24, 2.45) is 0 Å². The summed E-state index contributed by atoms with van der Waals surface area (Å²) in [5.74, 6) is 0. The molecule has 0 bridgehead atoms. The smallest absolute Gasteiger partial charge is 0.145 e. The van der Waals surface area contributed by atoms with Crippen LogP contribution in [0.25, 0.3) is 0 Å². The zero-order chi connectivity index (χ0) is 12.0. The van der Waals surface area contributed by atoms with Crippen LogP contribution in [0, 0.1) is 22.7 Å². The van der Waals surface area contributed by atoms with Crippen molar-refractivity contribution < 1.29 is 0 Å². The third-order valence-corrected chi connectivity index (χ3v) is 2.62. The highest BCUT2D eigenvalue weighted by Crippen LogP contribution is 2.16. The summed E-state index contributed by atoms with van der Waals surface area (Å²) in [6.07, 6.45) is 1.44. The first-order valence-corrected chi connectivity index (χ1v) is 5.48. The van der Waals surface area contributed by atoms with Crippen LogP contribution >= 0.6 is 15.9 Å². The minimum Gasteiger partial charge on any atom is -0.383 e. The van der Waals surface area contributed by atoms with E-state index >= 15 is 0 Å². The zero-order valence-electron chi connectivity index (χ0n) is 8.74. The van der Waals surface area contributed by atoms with E-state index in [1.165, 1.54) is 6.20 Å². The maximum atomic E-state index is 8.56. The van der Waals surface area contributed by atoms with Crippen molar-refractivity contribution in [2.45, 2.75) is 13.0 Å². The monoisotopic (exact) mass is 275 g/mol. The molecule has 0 fully saturated rings. The Morgan fingerprint density at radius 2 is 1.88 bits per heavy atom. The van der Waals surface area contributed by atoms with Crippen molar-refractivity contribution in [2.75, 3.05) is 0 Å². The highest BCUT2D eigenvalue weighted by atomic mass is 79.9. The number of allylic oxidation sites excluding steroid dienone is 1. The largest absolute Gasteiger partial charge is 0.383 e. The first kappa shape index (κ1) is 12.3. The van der Waals surface area contributed by atoms with Crippen molar-refractivity contribution in [1.82, 2.24) is 5.32 Å². The number of hydrogen-bond donors (Lipinski definition) is 1. The second-order valence-corrected chi connectivity index (χ2v) is 4.14.